The topological polar surface area (TPSA) is 42.2 Å². The lowest BCUT2D eigenvalue weighted by molar-refractivity contribution is 0.507. The summed E-state index contributed by atoms with van der Waals surface area (Å²) in [4.78, 5) is 12.6. The van der Waals surface area contributed by atoms with Crippen molar-refractivity contribution in [3.63, 3.8) is 0 Å². The first-order chi connectivity index (χ1) is 9.61. The van der Waals surface area contributed by atoms with Gasteiger partial charge in [-0.2, -0.15) is 0 Å². The maximum absolute atomic E-state index is 12.6. The lowest BCUT2D eigenvalue weighted by Gasteiger charge is -2.13. The van der Waals surface area contributed by atoms with Gasteiger partial charge in [0.15, 0.2) is 5.43 Å². The fraction of sp³-hybridized carbons (Fsp3) is 0.353. The van der Waals surface area contributed by atoms with Crippen molar-refractivity contribution in [1.82, 2.24) is 4.57 Å². The van der Waals surface area contributed by atoms with Crippen molar-refractivity contribution >= 4 is 16.7 Å². The average Bonchev–Trinajstić information content (AvgIpc) is 3.26. The van der Waals surface area contributed by atoms with E-state index in [4.69, 9.17) is 0 Å². The summed E-state index contributed by atoms with van der Waals surface area (Å²) in [5.74, 6) is 0.197. The lowest BCUT2D eigenvalue weighted by atomic mass is 10.1. The first-order valence-corrected chi connectivity index (χ1v) is 7.17. The Hall–Kier alpha value is -2.03. The van der Waals surface area contributed by atoms with E-state index in [2.05, 4.69) is 11.5 Å². The number of aryl methyl sites for hydroxylation is 2. The fourth-order valence-corrected chi connectivity index (χ4v) is 2.60. The molecular weight excluding hydrogens is 250 g/mol. The van der Waals surface area contributed by atoms with Crippen molar-refractivity contribution in [3.05, 3.63) is 51.3 Å². The van der Waals surface area contributed by atoms with E-state index in [9.17, 15) is 9.90 Å². The lowest BCUT2D eigenvalue weighted by Crippen LogP contribution is -2.14. The van der Waals surface area contributed by atoms with Gasteiger partial charge >= 0.3 is 0 Å². The molecule has 1 fully saturated rings. The predicted molar refractivity (Wildman–Crippen MR) is 82.0 cm³/mol. The van der Waals surface area contributed by atoms with Crippen LogP contribution < -0.4 is 5.43 Å². The molecule has 3 rings (SSSR count). The molecule has 1 aliphatic carbocycles. The summed E-state index contributed by atoms with van der Waals surface area (Å²) in [6, 6.07) is 5.93. The second-order valence-electron chi connectivity index (χ2n) is 5.54. The quantitative estimate of drug-likeness (QED) is 0.861. The summed E-state index contributed by atoms with van der Waals surface area (Å²) in [5.41, 5.74) is 3.39. The molecule has 1 aliphatic rings. The Morgan fingerprint density at radius 2 is 2.10 bits per heavy atom. The van der Waals surface area contributed by atoms with Gasteiger partial charge < -0.3 is 9.67 Å². The van der Waals surface area contributed by atoms with Crippen LogP contribution in [0.5, 0.6) is 0 Å². The third-order valence-electron chi connectivity index (χ3n) is 3.79. The van der Waals surface area contributed by atoms with E-state index in [0.717, 1.165) is 42.5 Å². The molecule has 0 bridgehead atoms. The number of aliphatic hydroxyl groups excluding tert-OH is 1. The molecule has 1 heterocycles. The van der Waals surface area contributed by atoms with Gasteiger partial charge in [-0.25, -0.2) is 0 Å². The standard InChI is InChI=1S/C17H19NO2/c1-3-8-18-10-14(16(19)12-5-6-12)17(20)13-9-11(2)4-7-15(13)18/h4,7,9-10,19H,3,5-6,8H2,1-2H3. The van der Waals surface area contributed by atoms with Gasteiger partial charge in [-0.05, 0) is 43.9 Å². The smallest absolute Gasteiger partial charge is 0.200 e. The Morgan fingerprint density at radius 1 is 1.35 bits per heavy atom. The number of hydrogen-bond donors (Lipinski definition) is 1. The maximum Gasteiger partial charge on any atom is 0.200 e. The van der Waals surface area contributed by atoms with Gasteiger partial charge in [-0.3, -0.25) is 4.79 Å². The Balaban J connectivity index is 2.34. The Kier molecular flexibility index (Phi) is 3.13. The van der Waals surface area contributed by atoms with Crippen LogP contribution in [0.2, 0.25) is 0 Å². The minimum Gasteiger partial charge on any atom is -0.507 e. The fourth-order valence-electron chi connectivity index (χ4n) is 2.60. The van der Waals surface area contributed by atoms with E-state index in [1.165, 1.54) is 0 Å². The molecule has 0 amide bonds. The van der Waals surface area contributed by atoms with Gasteiger partial charge in [0.2, 0.25) is 0 Å². The van der Waals surface area contributed by atoms with E-state index in [0.29, 0.717) is 10.9 Å². The number of pyridine rings is 1. The molecule has 0 saturated heterocycles. The third kappa shape index (κ3) is 2.13. The average molecular weight is 269 g/mol. The van der Waals surface area contributed by atoms with Crippen molar-refractivity contribution in [2.75, 3.05) is 0 Å². The van der Waals surface area contributed by atoms with E-state index >= 15 is 0 Å². The summed E-state index contributed by atoms with van der Waals surface area (Å²) in [5, 5.41) is 10.9. The second-order valence-corrected chi connectivity index (χ2v) is 5.54. The van der Waals surface area contributed by atoms with Crippen molar-refractivity contribution in [2.45, 2.75) is 39.7 Å². The largest absolute Gasteiger partial charge is 0.507 e. The molecule has 0 atom stereocenters. The van der Waals surface area contributed by atoms with Gasteiger partial charge in [-0.15, -0.1) is 0 Å². The number of hydrogen-bond acceptors (Lipinski definition) is 2. The number of nitrogens with zero attached hydrogens (tertiary/aromatic N) is 1. The number of rotatable bonds is 3. The van der Waals surface area contributed by atoms with E-state index in [1.54, 1.807) is 0 Å². The Bertz CT molecular complexity index is 762. The van der Waals surface area contributed by atoms with Gasteiger partial charge in [-0.1, -0.05) is 18.6 Å². The highest BCUT2D eigenvalue weighted by atomic mass is 16.3. The van der Waals surface area contributed by atoms with Crippen molar-refractivity contribution < 1.29 is 5.11 Å². The van der Waals surface area contributed by atoms with Crippen LogP contribution >= 0.6 is 0 Å². The molecule has 1 aromatic carbocycles. The monoisotopic (exact) mass is 269 g/mol. The van der Waals surface area contributed by atoms with E-state index in [1.807, 2.05) is 31.3 Å². The van der Waals surface area contributed by atoms with Crippen LogP contribution in [0.4, 0.5) is 0 Å². The van der Waals surface area contributed by atoms with Crippen LogP contribution in [0.15, 0.2) is 34.8 Å². The highest BCUT2D eigenvalue weighted by Gasteiger charge is 2.21. The third-order valence-corrected chi connectivity index (χ3v) is 3.79. The molecule has 1 saturated carbocycles. The highest BCUT2D eigenvalue weighted by Crippen LogP contribution is 2.34. The molecule has 3 heteroatoms. The number of benzene rings is 1. The molecule has 1 N–H and O–H groups in total. The van der Waals surface area contributed by atoms with Crippen molar-refractivity contribution in [2.24, 2.45) is 0 Å². The zero-order valence-corrected chi connectivity index (χ0v) is 11.9. The van der Waals surface area contributed by atoms with Gasteiger partial charge in [0, 0.05) is 18.1 Å². The highest BCUT2D eigenvalue weighted by molar-refractivity contribution is 5.83. The van der Waals surface area contributed by atoms with Crippen molar-refractivity contribution in [1.29, 1.82) is 0 Å². The minimum absolute atomic E-state index is 0.0621. The molecule has 104 valence electrons. The maximum atomic E-state index is 12.6. The molecule has 0 unspecified atom stereocenters. The molecule has 0 spiro atoms. The van der Waals surface area contributed by atoms with Crippen LogP contribution in [-0.4, -0.2) is 9.67 Å². The van der Waals surface area contributed by atoms with Crippen molar-refractivity contribution in [3.8, 4) is 0 Å². The van der Waals surface area contributed by atoms with Gasteiger partial charge in [0.25, 0.3) is 0 Å². The van der Waals surface area contributed by atoms with Crippen LogP contribution in [0.1, 0.15) is 37.3 Å². The van der Waals surface area contributed by atoms with Gasteiger partial charge in [0.1, 0.15) is 5.76 Å². The molecule has 20 heavy (non-hydrogen) atoms. The number of allylic oxidation sites excluding steroid dienone is 1. The Labute approximate surface area is 118 Å². The van der Waals surface area contributed by atoms with E-state index < -0.39 is 0 Å². The zero-order chi connectivity index (χ0) is 14.3. The molecule has 1 aromatic heterocycles. The molecule has 0 aliphatic heterocycles. The molecule has 2 aromatic rings. The first kappa shape index (κ1) is 13.0. The van der Waals surface area contributed by atoms with Gasteiger partial charge in [0.05, 0.1) is 11.1 Å². The number of aliphatic hydroxyl groups is 1. The predicted octanol–water partition coefficient (Wildman–Crippen LogP) is 3.78. The number of aromatic nitrogens is 1. The summed E-state index contributed by atoms with van der Waals surface area (Å²) in [6.45, 7) is 4.93. The van der Waals surface area contributed by atoms with Crippen LogP contribution in [-0.2, 0) is 6.54 Å². The zero-order valence-electron chi connectivity index (χ0n) is 11.9. The first-order valence-electron chi connectivity index (χ1n) is 7.17. The van der Waals surface area contributed by atoms with Crippen LogP contribution in [0, 0.1) is 6.92 Å². The number of fused-ring (bicyclic) bond motifs is 1. The van der Waals surface area contributed by atoms with Crippen LogP contribution in [0.3, 0.4) is 0 Å². The normalized spacial score (nSPS) is 13.8. The summed E-state index contributed by atoms with van der Waals surface area (Å²) in [6.07, 6.45) is 4.61. The second kappa shape index (κ2) is 4.82. The Morgan fingerprint density at radius 3 is 2.75 bits per heavy atom. The van der Waals surface area contributed by atoms with Crippen LogP contribution in [0.25, 0.3) is 16.7 Å². The van der Waals surface area contributed by atoms with E-state index in [-0.39, 0.29) is 11.2 Å². The summed E-state index contributed by atoms with van der Waals surface area (Å²) >= 11 is 0. The summed E-state index contributed by atoms with van der Waals surface area (Å²) in [7, 11) is 0. The molecule has 0 radical (unpaired) electrons. The molecular formula is C17H19NO2. The SMILES string of the molecule is CCCn1cc(C(O)=C2CC2)c(=O)c2cc(C)ccc21. The molecule has 3 nitrogen and oxygen atoms in total. The minimum atomic E-state index is -0.0621. The summed E-state index contributed by atoms with van der Waals surface area (Å²) < 4.78 is 2.07.